The molecule has 0 spiro atoms. The van der Waals surface area contributed by atoms with Crippen LogP contribution in [0, 0.1) is 5.92 Å². The van der Waals surface area contributed by atoms with E-state index in [1.165, 1.54) is 12.8 Å². The number of aromatic amines is 1. The van der Waals surface area contributed by atoms with Crippen molar-refractivity contribution in [3.8, 4) is 0 Å². The fourth-order valence-electron chi connectivity index (χ4n) is 5.34. The molecular formula is C25H29NO5. The second-order valence-corrected chi connectivity index (χ2v) is 8.67. The Labute approximate surface area is 181 Å². The molecule has 4 rings (SSSR count). The Balaban J connectivity index is 1.78. The predicted octanol–water partition coefficient (Wildman–Crippen LogP) is 4.82. The summed E-state index contributed by atoms with van der Waals surface area (Å²) in [5, 5.41) is 19.3. The standard InChI is InChI=1S/C25H29NO5/c1-31-25(19-4-2-3-5-19)11-10-16(6-9-23(27)28)12-21(25)17-7-8-22-20(13-17)18(15-26-22)14-24(29)30/h7-8,10-13,15,19,21,26H,2-6,9,14H2,1H3,(H,27,28)(H,29,30). The van der Waals surface area contributed by atoms with E-state index in [-0.39, 0.29) is 18.8 Å². The number of nitrogens with one attached hydrogen (secondary N) is 1. The van der Waals surface area contributed by atoms with Crippen LogP contribution in [0.3, 0.4) is 0 Å². The second kappa shape index (κ2) is 8.71. The molecule has 3 N–H and O–H groups in total. The van der Waals surface area contributed by atoms with Crippen LogP contribution in [0.2, 0.25) is 0 Å². The van der Waals surface area contributed by atoms with Crippen molar-refractivity contribution in [2.75, 3.05) is 7.11 Å². The molecule has 0 aliphatic heterocycles. The monoisotopic (exact) mass is 423 g/mol. The third-order valence-corrected chi connectivity index (χ3v) is 6.89. The van der Waals surface area contributed by atoms with Gasteiger partial charge in [-0.25, -0.2) is 0 Å². The van der Waals surface area contributed by atoms with Crippen molar-refractivity contribution >= 4 is 22.8 Å². The molecule has 6 nitrogen and oxygen atoms in total. The lowest BCUT2D eigenvalue weighted by molar-refractivity contribution is -0.137. The van der Waals surface area contributed by atoms with Crippen LogP contribution in [0.1, 0.15) is 55.6 Å². The first-order valence-corrected chi connectivity index (χ1v) is 10.9. The van der Waals surface area contributed by atoms with Crippen molar-refractivity contribution < 1.29 is 24.5 Å². The summed E-state index contributed by atoms with van der Waals surface area (Å²) in [6, 6.07) is 6.14. The van der Waals surface area contributed by atoms with Crippen molar-refractivity contribution in [2.45, 2.75) is 56.5 Å². The third-order valence-electron chi connectivity index (χ3n) is 6.89. The van der Waals surface area contributed by atoms with Crippen LogP contribution in [0.5, 0.6) is 0 Å². The molecule has 1 heterocycles. The van der Waals surface area contributed by atoms with Crippen LogP contribution in [-0.4, -0.2) is 39.8 Å². The fourth-order valence-corrected chi connectivity index (χ4v) is 5.34. The van der Waals surface area contributed by atoms with Gasteiger partial charge in [-0.2, -0.15) is 0 Å². The number of carboxylic acids is 2. The number of fused-ring (bicyclic) bond motifs is 1. The number of H-pyrrole nitrogens is 1. The number of carbonyl (C=O) groups is 2. The van der Waals surface area contributed by atoms with E-state index in [0.717, 1.165) is 40.4 Å². The highest BCUT2D eigenvalue weighted by atomic mass is 16.5. The number of ether oxygens (including phenoxy) is 1. The van der Waals surface area contributed by atoms with Crippen LogP contribution in [0.4, 0.5) is 0 Å². The lowest BCUT2D eigenvalue weighted by Crippen LogP contribution is -2.43. The zero-order valence-electron chi connectivity index (χ0n) is 17.8. The van der Waals surface area contributed by atoms with Gasteiger partial charge in [-0.15, -0.1) is 0 Å². The zero-order chi connectivity index (χ0) is 22.0. The molecular weight excluding hydrogens is 394 g/mol. The van der Waals surface area contributed by atoms with Crippen LogP contribution >= 0.6 is 0 Å². The Morgan fingerprint density at radius 3 is 2.65 bits per heavy atom. The highest BCUT2D eigenvalue weighted by Crippen LogP contribution is 2.49. The van der Waals surface area contributed by atoms with Gasteiger partial charge in [0.2, 0.25) is 0 Å². The number of hydrogen-bond acceptors (Lipinski definition) is 3. The number of carboxylic acid groups (broad SMARTS) is 2. The smallest absolute Gasteiger partial charge is 0.307 e. The Bertz CT molecular complexity index is 1040. The van der Waals surface area contributed by atoms with E-state index >= 15 is 0 Å². The Kier molecular flexibility index (Phi) is 6.01. The molecule has 6 heteroatoms. The maximum atomic E-state index is 11.3. The Hall–Kier alpha value is -2.86. The number of aromatic nitrogens is 1. The van der Waals surface area contributed by atoms with Gasteiger partial charge in [-0.3, -0.25) is 9.59 Å². The van der Waals surface area contributed by atoms with E-state index < -0.39 is 17.5 Å². The Morgan fingerprint density at radius 1 is 1.19 bits per heavy atom. The second-order valence-electron chi connectivity index (χ2n) is 8.67. The molecule has 2 aromatic rings. The molecule has 1 saturated carbocycles. The molecule has 1 aromatic heterocycles. The van der Waals surface area contributed by atoms with Gasteiger partial charge in [0.05, 0.1) is 12.0 Å². The van der Waals surface area contributed by atoms with E-state index in [0.29, 0.717) is 12.3 Å². The minimum atomic E-state index is -0.861. The third kappa shape index (κ3) is 4.17. The zero-order valence-corrected chi connectivity index (χ0v) is 17.8. The summed E-state index contributed by atoms with van der Waals surface area (Å²) in [7, 11) is 1.76. The summed E-state index contributed by atoms with van der Waals surface area (Å²) >= 11 is 0. The summed E-state index contributed by atoms with van der Waals surface area (Å²) in [5.41, 5.74) is 3.24. The van der Waals surface area contributed by atoms with Gasteiger partial charge in [0.25, 0.3) is 0 Å². The van der Waals surface area contributed by atoms with Crippen molar-refractivity contribution in [3.63, 3.8) is 0 Å². The normalized spacial score (nSPS) is 23.9. The molecule has 2 unspecified atom stereocenters. The average Bonchev–Trinajstić information content (AvgIpc) is 3.42. The van der Waals surface area contributed by atoms with Crippen molar-refractivity contribution in [2.24, 2.45) is 5.92 Å². The van der Waals surface area contributed by atoms with Crippen LogP contribution in [-0.2, 0) is 20.7 Å². The molecule has 164 valence electrons. The first kappa shape index (κ1) is 21.4. The van der Waals surface area contributed by atoms with Crippen LogP contribution in [0.15, 0.2) is 48.2 Å². The SMILES string of the molecule is COC1(C2CCCC2)C=CC(CCC(=O)O)=CC1c1ccc2[nH]cc(CC(=O)O)c2c1. The average molecular weight is 424 g/mol. The largest absolute Gasteiger partial charge is 0.481 e. The van der Waals surface area contributed by atoms with Gasteiger partial charge < -0.3 is 19.9 Å². The maximum Gasteiger partial charge on any atom is 0.307 e. The van der Waals surface area contributed by atoms with Crippen molar-refractivity contribution in [1.82, 2.24) is 4.98 Å². The lowest BCUT2D eigenvalue weighted by atomic mass is 9.69. The number of rotatable bonds is 8. The first-order valence-electron chi connectivity index (χ1n) is 10.9. The van der Waals surface area contributed by atoms with Gasteiger partial charge in [-0.05, 0) is 48.4 Å². The van der Waals surface area contributed by atoms with E-state index in [1.807, 2.05) is 12.1 Å². The molecule has 2 aliphatic rings. The first-order chi connectivity index (χ1) is 14.9. The topological polar surface area (TPSA) is 99.6 Å². The molecule has 2 atom stereocenters. The van der Waals surface area contributed by atoms with E-state index in [1.54, 1.807) is 13.3 Å². The molecule has 1 aromatic carbocycles. The number of methoxy groups -OCH3 is 1. The molecule has 0 saturated heterocycles. The molecule has 1 fully saturated rings. The maximum absolute atomic E-state index is 11.3. The molecule has 2 aliphatic carbocycles. The number of hydrogen-bond donors (Lipinski definition) is 3. The summed E-state index contributed by atoms with van der Waals surface area (Å²) in [6.45, 7) is 0. The fraction of sp³-hybridized carbons (Fsp3) is 0.440. The van der Waals surface area contributed by atoms with Gasteiger partial charge in [0, 0.05) is 36.5 Å². The van der Waals surface area contributed by atoms with E-state index in [4.69, 9.17) is 9.84 Å². The Morgan fingerprint density at radius 2 is 1.97 bits per heavy atom. The van der Waals surface area contributed by atoms with E-state index in [2.05, 4.69) is 29.3 Å². The lowest BCUT2D eigenvalue weighted by Gasteiger charge is -2.43. The summed E-state index contributed by atoms with van der Waals surface area (Å²) < 4.78 is 6.24. The number of benzene rings is 1. The van der Waals surface area contributed by atoms with Crippen LogP contribution < -0.4 is 0 Å². The van der Waals surface area contributed by atoms with Gasteiger partial charge in [0.1, 0.15) is 0 Å². The highest BCUT2D eigenvalue weighted by Gasteiger charge is 2.46. The predicted molar refractivity (Wildman–Crippen MR) is 118 cm³/mol. The molecule has 0 radical (unpaired) electrons. The van der Waals surface area contributed by atoms with Gasteiger partial charge in [-0.1, -0.05) is 42.7 Å². The van der Waals surface area contributed by atoms with E-state index in [9.17, 15) is 14.7 Å². The minimum Gasteiger partial charge on any atom is -0.481 e. The van der Waals surface area contributed by atoms with Crippen molar-refractivity contribution in [3.05, 3.63) is 59.3 Å². The highest BCUT2D eigenvalue weighted by molar-refractivity contribution is 5.87. The number of allylic oxidation sites excluding steroid dienone is 2. The van der Waals surface area contributed by atoms with Crippen molar-refractivity contribution in [1.29, 1.82) is 0 Å². The van der Waals surface area contributed by atoms with Crippen LogP contribution in [0.25, 0.3) is 10.9 Å². The molecule has 0 amide bonds. The summed E-state index contributed by atoms with van der Waals surface area (Å²) in [5.74, 6) is -1.35. The van der Waals surface area contributed by atoms with Gasteiger partial charge >= 0.3 is 11.9 Å². The number of aliphatic carboxylic acids is 2. The molecule has 31 heavy (non-hydrogen) atoms. The quantitative estimate of drug-likeness (QED) is 0.566. The summed E-state index contributed by atoms with van der Waals surface area (Å²) in [4.78, 5) is 25.6. The molecule has 0 bridgehead atoms. The minimum absolute atomic E-state index is 0.0359. The van der Waals surface area contributed by atoms with Gasteiger partial charge in [0.15, 0.2) is 0 Å². The summed E-state index contributed by atoms with van der Waals surface area (Å²) in [6.07, 6.45) is 13.2.